The van der Waals surface area contributed by atoms with Crippen LogP contribution in [0.5, 0.6) is 0 Å². The van der Waals surface area contributed by atoms with Gasteiger partial charge in [0, 0.05) is 24.3 Å². The van der Waals surface area contributed by atoms with E-state index in [2.05, 4.69) is 15.7 Å². The molecule has 1 aliphatic heterocycles. The Morgan fingerprint density at radius 3 is 2.90 bits per heavy atom. The van der Waals surface area contributed by atoms with Crippen molar-refractivity contribution in [3.63, 3.8) is 0 Å². The van der Waals surface area contributed by atoms with E-state index < -0.39 is 0 Å². The van der Waals surface area contributed by atoms with Gasteiger partial charge in [-0.05, 0) is 39.0 Å². The molecule has 21 heavy (non-hydrogen) atoms. The number of amides is 1. The van der Waals surface area contributed by atoms with Gasteiger partial charge in [0.15, 0.2) is 0 Å². The number of carbonyl (C=O) groups excluding carboxylic acids is 1. The molecule has 1 saturated carbocycles. The molecule has 0 radical (unpaired) electrons. The minimum absolute atomic E-state index is 0.00984. The van der Waals surface area contributed by atoms with Gasteiger partial charge in [0.2, 0.25) is 5.91 Å². The zero-order valence-electron chi connectivity index (χ0n) is 13.2. The number of nitrogens with one attached hydrogen (secondary N) is 2. The molecule has 4 atom stereocenters. The van der Waals surface area contributed by atoms with E-state index in [4.69, 9.17) is 0 Å². The molecule has 0 bridgehead atoms. The Morgan fingerprint density at radius 2 is 2.24 bits per heavy atom. The zero-order chi connectivity index (χ0) is 15.0. The Morgan fingerprint density at radius 1 is 1.48 bits per heavy atom. The van der Waals surface area contributed by atoms with Crippen molar-refractivity contribution < 1.29 is 4.79 Å². The minimum atomic E-state index is -0.0162. The average Bonchev–Trinajstić information content (AvgIpc) is 3.03. The summed E-state index contributed by atoms with van der Waals surface area (Å²) >= 11 is 0. The van der Waals surface area contributed by atoms with Crippen molar-refractivity contribution in [1.82, 2.24) is 20.4 Å². The number of hydrogen-bond acceptors (Lipinski definition) is 3. The van der Waals surface area contributed by atoms with Crippen LogP contribution < -0.4 is 10.6 Å². The zero-order valence-corrected chi connectivity index (χ0v) is 13.2. The van der Waals surface area contributed by atoms with Gasteiger partial charge in [-0.2, -0.15) is 5.10 Å². The molecule has 2 aliphatic rings. The molecule has 1 saturated heterocycles. The molecule has 2 fully saturated rings. The Bertz CT molecular complexity index is 510. The standard InChI is InChI=1S/C16H26N4O/c1-10(13-9-17-20(3)11(13)2)18-16(21)15-8-12-6-4-5-7-14(12)19-15/h9-10,12,14-15,19H,4-8H2,1-3H3,(H,18,21)/t10-,12+,14-,15-/m0/s1. The minimum Gasteiger partial charge on any atom is -0.348 e. The molecule has 5 nitrogen and oxygen atoms in total. The monoisotopic (exact) mass is 290 g/mol. The average molecular weight is 290 g/mol. The second kappa shape index (κ2) is 5.79. The largest absolute Gasteiger partial charge is 0.348 e. The maximum absolute atomic E-state index is 12.5. The number of rotatable bonds is 3. The Kier molecular flexibility index (Phi) is 4.02. The smallest absolute Gasteiger partial charge is 0.237 e. The molecular formula is C16H26N4O. The summed E-state index contributed by atoms with van der Waals surface area (Å²) in [6.45, 7) is 4.07. The van der Waals surface area contributed by atoms with Crippen molar-refractivity contribution in [2.45, 2.75) is 64.1 Å². The van der Waals surface area contributed by atoms with E-state index in [0.29, 0.717) is 12.0 Å². The van der Waals surface area contributed by atoms with E-state index in [1.165, 1.54) is 25.7 Å². The van der Waals surface area contributed by atoms with E-state index in [1.807, 2.05) is 31.8 Å². The highest BCUT2D eigenvalue weighted by Gasteiger charge is 2.38. The predicted molar refractivity (Wildman–Crippen MR) is 81.8 cm³/mol. The first kappa shape index (κ1) is 14.6. The molecule has 0 aromatic carbocycles. The van der Waals surface area contributed by atoms with Crippen LogP contribution in [0, 0.1) is 12.8 Å². The summed E-state index contributed by atoms with van der Waals surface area (Å²) in [5.41, 5.74) is 2.21. The van der Waals surface area contributed by atoms with E-state index >= 15 is 0 Å². The summed E-state index contributed by atoms with van der Waals surface area (Å²) in [5, 5.41) is 10.9. The van der Waals surface area contributed by atoms with Gasteiger partial charge in [-0.25, -0.2) is 0 Å². The highest BCUT2D eigenvalue weighted by molar-refractivity contribution is 5.82. The number of nitrogens with zero attached hydrogens (tertiary/aromatic N) is 2. The maximum atomic E-state index is 12.5. The fourth-order valence-corrected chi connectivity index (χ4v) is 3.85. The molecule has 1 aromatic rings. The first-order valence-corrected chi connectivity index (χ1v) is 8.11. The van der Waals surface area contributed by atoms with Crippen molar-refractivity contribution in [3.05, 3.63) is 17.5 Å². The van der Waals surface area contributed by atoms with E-state index in [9.17, 15) is 4.79 Å². The lowest BCUT2D eigenvalue weighted by atomic mass is 9.85. The normalized spacial score (nSPS) is 30.0. The Hall–Kier alpha value is -1.36. The molecule has 116 valence electrons. The summed E-state index contributed by atoms with van der Waals surface area (Å²) in [6.07, 6.45) is 7.97. The van der Waals surface area contributed by atoms with Crippen LogP contribution in [0.25, 0.3) is 0 Å². The van der Waals surface area contributed by atoms with Crippen LogP contribution in [0.15, 0.2) is 6.20 Å². The molecule has 0 spiro atoms. The molecule has 2 heterocycles. The van der Waals surface area contributed by atoms with Gasteiger partial charge in [-0.15, -0.1) is 0 Å². The van der Waals surface area contributed by atoms with Gasteiger partial charge in [-0.1, -0.05) is 12.8 Å². The first-order valence-electron chi connectivity index (χ1n) is 8.11. The predicted octanol–water partition coefficient (Wildman–Crippen LogP) is 1.83. The molecular weight excluding hydrogens is 264 g/mol. The summed E-state index contributed by atoms with van der Waals surface area (Å²) in [4.78, 5) is 12.5. The van der Waals surface area contributed by atoms with Crippen LogP contribution in [-0.2, 0) is 11.8 Å². The number of aryl methyl sites for hydroxylation is 1. The van der Waals surface area contributed by atoms with Crippen molar-refractivity contribution in [2.75, 3.05) is 0 Å². The van der Waals surface area contributed by atoms with Crippen molar-refractivity contribution in [1.29, 1.82) is 0 Å². The summed E-state index contributed by atoms with van der Waals surface area (Å²) < 4.78 is 1.85. The van der Waals surface area contributed by atoms with E-state index in [-0.39, 0.29) is 18.0 Å². The number of fused-ring (bicyclic) bond motifs is 1. The first-order chi connectivity index (χ1) is 10.1. The number of hydrogen-bond donors (Lipinski definition) is 2. The van der Waals surface area contributed by atoms with Crippen molar-refractivity contribution in [3.8, 4) is 0 Å². The third-order valence-electron chi connectivity index (χ3n) is 5.28. The molecule has 0 unspecified atom stereocenters. The highest BCUT2D eigenvalue weighted by atomic mass is 16.2. The van der Waals surface area contributed by atoms with Crippen molar-refractivity contribution >= 4 is 5.91 Å². The van der Waals surface area contributed by atoms with Gasteiger partial charge in [0.05, 0.1) is 18.3 Å². The lowest BCUT2D eigenvalue weighted by Gasteiger charge is -2.24. The molecule has 2 N–H and O–H groups in total. The van der Waals surface area contributed by atoms with Gasteiger partial charge in [0.25, 0.3) is 0 Å². The molecule has 3 rings (SSSR count). The molecule has 1 amide bonds. The maximum Gasteiger partial charge on any atom is 0.237 e. The summed E-state index contributed by atoms with van der Waals surface area (Å²) in [5.74, 6) is 0.838. The molecule has 1 aromatic heterocycles. The fraction of sp³-hybridized carbons (Fsp3) is 0.750. The lowest BCUT2D eigenvalue weighted by Crippen LogP contribution is -2.43. The van der Waals surface area contributed by atoms with Crippen LogP contribution in [0.3, 0.4) is 0 Å². The number of aromatic nitrogens is 2. The quantitative estimate of drug-likeness (QED) is 0.893. The Labute approximate surface area is 126 Å². The van der Waals surface area contributed by atoms with Crippen LogP contribution in [-0.4, -0.2) is 27.8 Å². The van der Waals surface area contributed by atoms with Gasteiger partial charge in [-0.3, -0.25) is 9.48 Å². The summed E-state index contributed by atoms with van der Waals surface area (Å²) in [7, 11) is 1.93. The fourth-order valence-electron chi connectivity index (χ4n) is 3.85. The third kappa shape index (κ3) is 2.84. The van der Waals surface area contributed by atoms with Gasteiger partial charge in [0.1, 0.15) is 0 Å². The SMILES string of the molecule is Cc1c([C@H](C)NC(=O)[C@@H]2C[C@H]3CCCC[C@@H]3N2)cnn1C. The second-order valence-electron chi connectivity index (χ2n) is 6.65. The lowest BCUT2D eigenvalue weighted by molar-refractivity contribution is -0.123. The van der Waals surface area contributed by atoms with Crippen LogP contribution in [0.1, 0.15) is 56.3 Å². The van der Waals surface area contributed by atoms with Crippen LogP contribution >= 0.6 is 0 Å². The number of carbonyl (C=O) groups is 1. The van der Waals surface area contributed by atoms with Crippen LogP contribution in [0.4, 0.5) is 0 Å². The summed E-state index contributed by atoms with van der Waals surface area (Å²) in [6, 6.07) is 0.554. The Balaban J connectivity index is 1.60. The second-order valence-corrected chi connectivity index (χ2v) is 6.65. The molecule has 1 aliphatic carbocycles. The van der Waals surface area contributed by atoms with E-state index in [0.717, 1.165) is 17.7 Å². The molecule has 5 heteroatoms. The van der Waals surface area contributed by atoms with Crippen molar-refractivity contribution in [2.24, 2.45) is 13.0 Å². The van der Waals surface area contributed by atoms with Gasteiger partial charge >= 0.3 is 0 Å². The van der Waals surface area contributed by atoms with E-state index in [1.54, 1.807) is 0 Å². The highest BCUT2D eigenvalue weighted by Crippen LogP contribution is 2.33. The van der Waals surface area contributed by atoms with Crippen LogP contribution in [0.2, 0.25) is 0 Å². The van der Waals surface area contributed by atoms with Gasteiger partial charge < -0.3 is 10.6 Å². The topological polar surface area (TPSA) is 59.0 Å². The third-order valence-corrected chi connectivity index (χ3v) is 5.28.